The third kappa shape index (κ3) is 5.46. The van der Waals surface area contributed by atoms with E-state index in [1.807, 2.05) is 31.2 Å². The molecule has 2 aromatic rings. The van der Waals surface area contributed by atoms with Crippen LogP contribution >= 0.6 is 0 Å². The van der Waals surface area contributed by atoms with Gasteiger partial charge in [0.1, 0.15) is 11.9 Å². The lowest BCUT2D eigenvalue weighted by Crippen LogP contribution is -2.25. The van der Waals surface area contributed by atoms with Crippen molar-refractivity contribution in [3.8, 4) is 11.1 Å². The maximum absolute atomic E-state index is 14.5. The molecule has 0 radical (unpaired) electrons. The zero-order valence-corrected chi connectivity index (χ0v) is 16.3. The third-order valence-electron chi connectivity index (χ3n) is 5.22. The first-order chi connectivity index (χ1) is 14.1. The Morgan fingerprint density at radius 3 is 2.17 bits per heavy atom. The lowest BCUT2D eigenvalue weighted by Gasteiger charge is -2.27. The van der Waals surface area contributed by atoms with Crippen LogP contribution in [-0.4, -0.2) is 18.2 Å². The van der Waals surface area contributed by atoms with Crippen LogP contribution in [0.5, 0.6) is 0 Å². The molecule has 0 N–H and O–H groups in total. The fourth-order valence-electron chi connectivity index (χ4n) is 3.50. The zero-order chi connectivity index (χ0) is 21.9. The van der Waals surface area contributed by atoms with Crippen molar-refractivity contribution >= 4 is 5.97 Å². The van der Waals surface area contributed by atoms with Crippen LogP contribution in [0.4, 0.5) is 22.0 Å². The molecule has 0 unspecified atom stereocenters. The summed E-state index contributed by atoms with van der Waals surface area (Å²) in [5, 5.41) is 0. The van der Waals surface area contributed by atoms with Crippen LogP contribution < -0.4 is 0 Å². The summed E-state index contributed by atoms with van der Waals surface area (Å²) in [4.78, 5) is 12.3. The number of esters is 1. The van der Waals surface area contributed by atoms with E-state index in [4.69, 9.17) is 4.74 Å². The Bertz CT molecular complexity index is 924. The Hall–Kier alpha value is -2.70. The van der Waals surface area contributed by atoms with Gasteiger partial charge in [-0.3, -0.25) is 0 Å². The number of carbonyl (C=O) groups excluding carboxylic acids is 1. The summed E-state index contributed by atoms with van der Waals surface area (Å²) in [6, 6.07) is 11.8. The van der Waals surface area contributed by atoms with Gasteiger partial charge in [0.15, 0.2) is 5.83 Å². The highest BCUT2D eigenvalue weighted by Gasteiger charge is 2.35. The minimum absolute atomic E-state index is 0.198. The number of rotatable bonds is 4. The number of alkyl halides is 3. The number of hydrogen-bond donors (Lipinski definition) is 0. The van der Waals surface area contributed by atoms with Crippen molar-refractivity contribution in [1.29, 1.82) is 0 Å². The van der Waals surface area contributed by atoms with Gasteiger partial charge >= 0.3 is 12.1 Å². The molecular weight excluding hydrogens is 403 g/mol. The van der Waals surface area contributed by atoms with Crippen LogP contribution in [0.2, 0.25) is 0 Å². The average molecular weight is 424 g/mol. The predicted octanol–water partition coefficient (Wildman–Crippen LogP) is 6.93. The lowest BCUT2D eigenvalue weighted by atomic mass is 9.87. The van der Waals surface area contributed by atoms with Gasteiger partial charge in [0.2, 0.25) is 0 Å². The van der Waals surface area contributed by atoms with E-state index in [1.165, 1.54) is 12.1 Å². The summed E-state index contributed by atoms with van der Waals surface area (Å²) in [7, 11) is 0. The molecule has 1 fully saturated rings. The summed E-state index contributed by atoms with van der Waals surface area (Å²) in [6.07, 6.45) is -3.82. The van der Waals surface area contributed by atoms with Crippen LogP contribution in [0.25, 0.3) is 11.1 Å². The SMILES string of the molecule is Cc1ccc(-c2ccc(C(=O)OC3CCC(C=C(F)C(F)(F)F)CC3)c(F)c2)cc1. The minimum Gasteiger partial charge on any atom is -0.459 e. The van der Waals surface area contributed by atoms with Crippen molar-refractivity contribution in [2.75, 3.05) is 0 Å². The molecule has 1 aliphatic carbocycles. The molecule has 7 heteroatoms. The van der Waals surface area contributed by atoms with Crippen molar-refractivity contribution in [3.63, 3.8) is 0 Å². The van der Waals surface area contributed by atoms with Gasteiger partial charge in [-0.1, -0.05) is 35.9 Å². The van der Waals surface area contributed by atoms with Gasteiger partial charge < -0.3 is 4.74 Å². The second-order valence-corrected chi connectivity index (χ2v) is 7.52. The number of benzene rings is 2. The fraction of sp³-hybridized carbons (Fsp3) is 0.348. The molecule has 1 saturated carbocycles. The first-order valence-electron chi connectivity index (χ1n) is 9.65. The van der Waals surface area contributed by atoms with E-state index >= 15 is 0 Å². The molecule has 0 atom stereocenters. The monoisotopic (exact) mass is 424 g/mol. The number of aryl methyl sites for hydroxylation is 1. The highest BCUT2D eigenvalue weighted by Crippen LogP contribution is 2.33. The molecular formula is C23H21F5O2. The van der Waals surface area contributed by atoms with Crippen LogP contribution in [0.1, 0.15) is 41.6 Å². The quantitative estimate of drug-likeness (QED) is 0.393. The van der Waals surface area contributed by atoms with Gasteiger partial charge in [-0.25, -0.2) is 13.6 Å². The standard InChI is InChI=1S/C23H21F5O2/c1-14-2-6-16(7-3-14)17-8-11-19(20(24)13-17)22(29)30-18-9-4-15(5-10-18)12-21(25)23(26,27)28/h2-3,6-8,11-13,15,18H,4-5,9-10H2,1H3. The molecule has 3 rings (SSSR count). The molecule has 0 spiro atoms. The lowest BCUT2D eigenvalue weighted by molar-refractivity contribution is -0.109. The Morgan fingerprint density at radius 2 is 1.60 bits per heavy atom. The average Bonchev–Trinajstić information content (AvgIpc) is 2.69. The molecule has 0 saturated heterocycles. The van der Waals surface area contributed by atoms with Gasteiger partial charge in [0.05, 0.1) is 5.56 Å². The number of halogens is 5. The predicted molar refractivity (Wildman–Crippen MR) is 103 cm³/mol. The maximum atomic E-state index is 14.5. The van der Waals surface area contributed by atoms with E-state index in [9.17, 15) is 26.7 Å². The molecule has 0 amide bonds. The van der Waals surface area contributed by atoms with Crippen LogP contribution in [0.15, 0.2) is 54.4 Å². The smallest absolute Gasteiger partial charge is 0.442 e. The van der Waals surface area contributed by atoms with Crippen molar-refractivity contribution in [2.45, 2.75) is 44.9 Å². The minimum atomic E-state index is -4.98. The normalized spacial score (nSPS) is 20.1. The van der Waals surface area contributed by atoms with Crippen molar-refractivity contribution < 1.29 is 31.5 Å². The molecule has 0 aromatic heterocycles. The topological polar surface area (TPSA) is 26.3 Å². The Labute approximate surface area is 171 Å². The van der Waals surface area contributed by atoms with E-state index in [0.717, 1.165) is 11.1 Å². The van der Waals surface area contributed by atoms with Crippen LogP contribution in [-0.2, 0) is 4.74 Å². The Kier molecular flexibility index (Phi) is 6.58. The third-order valence-corrected chi connectivity index (χ3v) is 5.22. The summed E-state index contributed by atoms with van der Waals surface area (Å²) in [5.74, 6) is -4.18. The highest BCUT2D eigenvalue weighted by molar-refractivity contribution is 5.90. The largest absolute Gasteiger partial charge is 0.459 e. The summed E-state index contributed by atoms with van der Waals surface area (Å²) in [6.45, 7) is 1.94. The van der Waals surface area contributed by atoms with Crippen LogP contribution in [0.3, 0.4) is 0 Å². The summed E-state index contributed by atoms with van der Waals surface area (Å²) < 4.78 is 69.7. The van der Waals surface area contributed by atoms with Crippen molar-refractivity contribution in [1.82, 2.24) is 0 Å². The Balaban J connectivity index is 1.60. The van der Waals surface area contributed by atoms with E-state index < -0.39 is 35.8 Å². The van der Waals surface area contributed by atoms with Gasteiger partial charge in [-0.15, -0.1) is 0 Å². The van der Waals surface area contributed by atoms with Gasteiger partial charge in [0.25, 0.3) is 0 Å². The number of carbonyl (C=O) groups is 1. The van der Waals surface area contributed by atoms with Crippen molar-refractivity contribution in [2.24, 2.45) is 5.92 Å². The van der Waals surface area contributed by atoms with Crippen molar-refractivity contribution in [3.05, 3.63) is 71.3 Å². The Morgan fingerprint density at radius 1 is 1.00 bits per heavy atom. The number of hydrogen-bond acceptors (Lipinski definition) is 2. The van der Waals surface area contributed by atoms with Gasteiger partial charge in [-0.05, 0) is 67.9 Å². The highest BCUT2D eigenvalue weighted by atomic mass is 19.4. The summed E-state index contributed by atoms with van der Waals surface area (Å²) >= 11 is 0. The molecule has 0 bridgehead atoms. The molecule has 0 aliphatic heterocycles. The van der Waals surface area contributed by atoms with E-state index in [0.29, 0.717) is 24.5 Å². The van der Waals surface area contributed by atoms with Gasteiger partial charge in [0, 0.05) is 0 Å². The molecule has 30 heavy (non-hydrogen) atoms. The number of allylic oxidation sites excluding steroid dienone is 2. The van der Waals surface area contributed by atoms with Gasteiger partial charge in [-0.2, -0.15) is 13.2 Å². The molecule has 1 aliphatic rings. The maximum Gasteiger partial charge on any atom is 0.442 e. The first-order valence-corrected chi connectivity index (χ1v) is 9.65. The van der Waals surface area contributed by atoms with E-state index in [-0.39, 0.29) is 18.4 Å². The zero-order valence-electron chi connectivity index (χ0n) is 16.3. The fourth-order valence-corrected chi connectivity index (χ4v) is 3.50. The summed E-state index contributed by atoms with van der Waals surface area (Å²) in [5.41, 5.74) is 2.32. The first kappa shape index (κ1) is 22.0. The number of ether oxygens (including phenoxy) is 1. The van der Waals surface area contributed by atoms with Crippen LogP contribution in [0, 0.1) is 18.7 Å². The van der Waals surface area contributed by atoms with E-state index in [2.05, 4.69) is 0 Å². The second-order valence-electron chi connectivity index (χ2n) is 7.52. The van der Waals surface area contributed by atoms with E-state index in [1.54, 1.807) is 6.07 Å². The molecule has 160 valence electrons. The second kappa shape index (κ2) is 8.98. The molecule has 2 nitrogen and oxygen atoms in total. The molecule has 2 aromatic carbocycles. The molecule has 0 heterocycles.